The van der Waals surface area contributed by atoms with Crippen LogP contribution < -0.4 is 0 Å². The zero-order valence-electron chi connectivity index (χ0n) is 15.5. The molecule has 0 amide bonds. The molecule has 0 fully saturated rings. The number of aliphatic hydroxyl groups excluding tert-OH is 1. The Balaban J connectivity index is 2.39. The van der Waals surface area contributed by atoms with Crippen molar-refractivity contribution in [3.8, 4) is 0 Å². The fourth-order valence-corrected chi connectivity index (χ4v) is 3.21. The van der Waals surface area contributed by atoms with Crippen molar-refractivity contribution in [1.82, 2.24) is 0 Å². The molecule has 2 nitrogen and oxygen atoms in total. The van der Waals surface area contributed by atoms with Crippen LogP contribution in [0.2, 0.25) is 0 Å². The first kappa shape index (κ1) is 19.4. The van der Waals surface area contributed by atoms with E-state index in [4.69, 9.17) is 4.74 Å². The second-order valence-electron chi connectivity index (χ2n) is 7.90. The molecule has 0 radical (unpaired) electrons. The first-order valence-electron chi connectivity index (χ1n) is 8.85. The molecule has 1 aliphatic rings. The summed E-state index contributed by atoms with van der Waals surface area (Å²) < 4.78 is 6.02. The second kappa shape index (κ2) is 8.88. The van der Waals surface area contributed by atoms with E-state index in [1.807, 2.05) is 0 Å². The summed E-state index contributed by atoms with van der Waals surface area (Å²) >= 11 is 0. The molecule has 0 heterocycles. The molecule has 22 heavy (non-hydrogen) atoms. The van der Waals surface area contributed by atoms with Crippen LogP contribution in [0.3, 0.4) is 0 Å². The molecule has 128 valence electrons. The quantitative estimate of drug-likeness (QED) is 0.466. The van der Waals surface area contributed by atoms with Gasteiger partial charge < -0.3 is 9.84 Å². The van der Waals surface area contributed by atoms with Gasteiger partial charge in [-0.1, -0.05) is 30.2 Å². The van der Waals surface area contributed by atoms with Crippen LogP contribution in [-0.2, 0) is 4.74 Å². The maximum absolute atomic E-state index is 10.3. The van der Waals surface area contributed by atoms with Gasteiger partial charge in [-0.25, -0.2) is 0 Å². The van der Waals surface area contributed by atoms with Crippen LogP contribution >= 0.6 is 0 Å². The molecule has 1 aliphatic carbocycles. The summed E-state index contributed by atoms with van der Waals surface area (Å²) in [5, 5.41) is 10.3. The number of hydrogen-bond donors (Lipinski definition) is 1. The van der Waals surface area contributed by atoms with E-state index in [1.54, 1.807) is 0 Å². The zero-order chi connectivity index (χ0) is 16.8. The molecular weight excluding hydrogens is 272 g/mol. The molecule has 0 saturated heterocycles. The van der Waals surface area contributed by atoms with Crippen molar-refractivity contribution in [2.75, 3.05) is 0 Å². The van der Waals surface area contributed by atoms with Gasteiger partial charge in [0.15, 0.2) is 6.29 Å². The first-order chi connectivity index (χ1) is 10.2. The van der Waals surface area contributed by atoms with Gasteiger partial charge in [0.25, 0.3) is 0 Å². The summed E-state index contributed by atoms with van der Waals surface area (Å²) in [6, 6.07) is 0. The van der Waals surface area contributed by atoms with Crippen molar-refractivity contribution in [3.63, 3.8) is 0 Å². The van der Waals surface area contributed by atoms with Gasteiger partial charge in [-0.15, -0.1) is 0 Å². The summed E-state index contributed by atoms with van der Waals surface area (Å²) in [5.74, 6) is 0.988. The average molecular weight is 309 g/mol. The molecule has 1 N–H and O–H groups in total. The predicted molar refractivity (Wildman–Crippen MR) is 94.7 cm³/mol. The fraction of sp³-hybridized carbons (Fsp3) is 0.800. The highest BCUT2D eigenvalue weighted by Gasteiger charge is 2.33. The number of rotatable bonds is 8. The smallest absolute Gasteiger partial charge is 0.155 e. The zero-order valence-corrected chi connectivity index (χ0v) is 15.5. The molecule has 0 bridgehead atoms. The van der Waals surface area contributed by atoms with Gasteiger partial charge in [0.2, 0.25) is 0 Å². The SMILES string of the molecule is CC(C)=CCCC(C)C[C@H](O)OC(C)(C)[C@H]1CC=C(C)CC1. The minimum absolute atomic E-state index is 0.254. The molecule has 0 aliphatic heterocycles. The van der Waals surface area contributed by atoms with E-state index >= 15 is 0 Å². The summed E-state index contributed by atoms with van der Waals surface area (Å²) in [5.41, 5.74) is 2.60. The maximum Gasteiger partial charge on any atom is 0.155 e. The highest BCUT2D eigenvalue weighted by atomic mass is 16.6. The van der Waals surface area contributed by atoms with Crippen molar-refractivity contribution in [2.24, 2.45) is 11.8 Å². The standard InChI is InChI=1S/C20H36O2/c1-15(2)8-7-9-17(4)14-19(21)22-20(5,6)18-12-10-16(3)11-13-18/h8,10,17-19,21H,7,9,11-14H2,1-6H3/t17?,18-,19+/m0/s1. The molecule has 0 aromatic heterocycles. The Morgan fingerprint density at radius 2 is 2.14 bits per heavy atom. The normalized spacial score (nSPS) is 22.0. The van der Waals surface area contributed by atoms with E-state index in [9.17, 15) is 5.11 Å². The lowest BCUT2D eigenvalue weighted by Gasteiger charge is -2.38. The number of aliphatic hydroxyl groups is 1. The molecule has 0 saturated carbocycles. The van der Waals surface area contributed by atoms with E-state index in [2.05, 4.69) is 53.7 Å². The van der Waals surface area contributed by atoms with Gasteiger partial charge in [0, 0.05) is 6.42 Å². The third kappa shape index (κ3) is 7.11. The van der Waals surface area contributed by atoms with Crippen LogP contribution in [0, 0.1) is 11.8 Å². The van der Waals surface area contributed by atoms with Crippen molar-refractivity contribution in [1.29, 1.82) is 0 Å². The average Bonchev–Trinajstić information content (AvgIpc) is 2.37. The number of ether oxygens (including phenoxy) is 1. The predicted octanol–water partition coefficient (Wildman–Crippen LogP) is 5.62. The largest absolute Gasteiger partial charge is 0.368 e. The Morgan fingerprint density at radius 1 is 1.45 bits per heavy atom. The lowest BCUT2D eigenvalue weighted by Crippen LogP contribution is -2.39. The molecule has 0 aromatic rings. The molecule has 1 rings (SSSR count). The molecule has 0 aromatic carbocycles. The molecule has 2 heteroatoms. The molecule has 0 spiro atoms. The van der Waals surface area contributed by atoms with Crippen LogP contribution in [0.15, 0.2) is 23.3 Å². The summed E-state index contributed by atoms with van der Waals surface area (Å²) in [6.07, 6.45) is 10.3. The monoisotopic (exact) mass is 308 g/mol. The van der Waals surface area contributed by atoms with Crippen molar-refractivity contribution >= 4 is 0 Å². The Hall–Kier alpha value is -0.600. The van der Waals surface area contributed by atoms with Crippen LogP contribution in [0.1, 0.15) is 80.1 Å². The Morgan fingerprint density at radius 3 is 2.68 bits per heavy atom. The third-order valence-electron chi connectivity index (χ3n) is 4.88. The minimum atomic E-state index is -0.649. The van der Waals surface area contributed by atoms with Crippen LogP contribution in [0.4, 0.5) is 0 Å². The number of hydrogen-bond acceptors (Lipinski definition) is 2. The number of allylic oxidation sites excluding steroid dienone is 4. The van der Waals surface area contributed by atoms with Gasteiger partial charge in [-0.2, -0.15) is 0 Å². The maximum atomic E-state index is 10.3. The Kier molecular flexibility index (Phi) is 7.85. The fourth-order valence-electron chi connectivity index (χ4n) is 3.21. The van der Waals surface area contributed by atoms with Gasteiger partial charge in [0.05, 0.1) is 5.60 Å². The third-order valence-corrected chi connectivity index (χ3v) is 4.88. The lowest BCUT2D eigenvalue weighted by atomic mass is 9.79. The van der Waals surface area contributed by atoms with Crippen LogP contribution in [-0.4, -0.2) is 17.0 Å². The van der Waals surface area contributed by atoms with Crippen molar-refractivity contribution < 1.29 is 9.84 Å². The van der Waals surface area contributed by atoms with Crippen LogP contribution in [0.25, 0.3) is 0 Å². The van der Waals surface area contributed by atoms with Gasteiger partial charge >= 0.3 is 0 Å². The van der Waals surface area contributed by atoms with E-state index in [-0.39, 0.29) is 5.60 Å². The van der Waals surface area contributed by atoms with E-state index in [0.717, 1.165) is 38.5 Å². The Bertz CT molecular complexity index is 389. The van der Waals surface area contributed by atoms with Gasteiger partial charge in [-0.3, -0.25) is 0 Å². The topological polar surface area (TPSA) is 29.5 Å². The molecule has 1 unspecified atom stereocenters. The summed E-state index contributed by atoms with van der Waals surface area (Å²) in [6.45, 7) is 12.9. The second-order valence-corrected chi connectivity index (χ2v) is 7.90. The highest BCUT2D eigenvalue weighted by molar-refractivity contribution is 5.05. The van der Waals surface area contributed by atoms with Gasteiger partial charge in [0.1, 0.15) is 0 Å². The van der Waals surface area contributed by atoms with E-state index in [1.165, 1.54) is 11.1 Å². The molecular formula is C20H36O2. The summed E-state index contributed by atoms with van der Waals surface area (Å²) in [4.78, 5) is 0. The van der Waals surface area contributed by atoms with Gasteiger partial charge in [-0.05, 0) is 78.6 Å². The van der Waals surface area contributed by atoms with Crippen molar-refractivity contribution in [2.45, 2.75) is 92.0 Å². The molecule has 3 atom stereocenters. The van der Waals surface area contributed by atoms with E-state index < -0.39 is 6.29 Å². The highest BCUT2D eigenvalue weighted by Crippen LogP contribution is 2.35. The Labute approximate surface area is 137 Å². The van der Waals surface area contributed by atoms with Crippen LogP contribution in [0.5, 0.6) is 0 Å². The van der Waals surface area contributed by atoms with E-state index in [0.29, 0.717) is 11.8 Å². The van der Waals surface area contributed by atoms with Crippen molar-refractivity contribution in [3.05, 3.63) is 23.3 Å². The minimum Gasteiger partial charge on any atom is -0.368 e. The first-order valence-corrected chi connectivity index (χ1v) is 8.85. The summed E-state index contributed by atoms with van der Waals surface area (Å²) in [7, 11) is 0. The lowest BCUT2D eigenvalue weighted by molar-refractivity contribution is -0.199.